The number of hydrogen-bond acceptors (Lipinski definition) is 5. The quantitative estimate of drug-likeness (QED) is 0.788. The first-order valence-electron chi connectivity index (χ1n) is 7.05. The van der Waals surface area contributed by atoms with Gasteiger partial charge in [0.05, 0.1) is 7.11 Å². The highest BCUT2D eigenvalue weighted by atomic mass is 19.1. The Kier molecular flexibility index (Phi) is 6.13. The largest absolute Gasteiger partial charge is 0.497 e. The molecule has 0 spiro atoms. The predicted octanol–water partition coefficient (Wildman–Crippen LogP) is 2.40. The lowest BCUT2D eigenvalue weighted by Crippen LogP contribution is -2.23. The Morgan fingerprint density at radius 1 is 1.04 bits per heavy atom. The van der Waals surface area contributed by atoms with Gasteiger partial charge in [0.25, 0.3) is 5.91 Å². The molecule has 2 aromatic carbocycles. The van der Waals surface area contributed by atoms with Gasteiger partial charge in [0.15, 0.2) is 13.2 Å². The third kappa shape index (κ3) is 5.60. The highest BCUT2D eigenvalue weighted by Crippen LogP contribution is 2.15. The van der Waals surface area contributed by atoms with E-state index in [0.29, 0.717) is 11.4 Å². The molecular weight excluding hydrogens is 317 g/mol. The monoisotopic (exact) mass is 333 g/mol. The lowest BCUT2D eigenvalue weighted by Gasteiger charge is -2.08. The van der Waals surface area contributed by atoms with Gasteiger partial charge in [0.2, 0.25) is 0 Å². The SMILES string of the molecule is COc1ccc(NC(=O)COC(=O)COc2cccc(F)c2)cc1. The smallest absolute Gasteiger partial charge is 0.344 e. The van der Waals surface area contributed by atoms with Gasteiger partial charge in [-0.3, -0.25) is 4.79 Å². The van der Waals surface area contributed by atoms with Crippen LogP contribution >= 0.6 is 0 Å². The maximum Gasteiger partial charge on any atom is 0.344 e. The maximum atomic E-state index is 12.9. The van der Waals surface area contributed by atoms with Gasteiger partial charge >= 0.3 is 5.97 Å². The molecule has 1 N–H and O–H groups in total. The maximum absolute atomic E-state index is 12.9. The molecule has 0 aliphatic rings. The number of methoxy groups -OCH3 is 1. The molecule has 24 heavy (non-hydrogen) atoms. The summed E-state index contributed by atoms with van der Waals surface area (Å²) in [7, 11) is 1.54. The zero-order valence-corrected chi connectivity index (χ0v) is 13.0. The number of rotatable bonds is 7. The van der Waals surface area contributed by atoms with E-state index in [-0.39, 0.29) is 5.75 Å². The average Bonchev–Trinajstić information content (AvgIpc) is 2.59. The molecule has 0 aliphatic carbocycles. The Morgan fingerprint density at radius 3 is 2.46 bits per heavy atom. The summed E-state index contributed by atoms with van der Waals surface area (Å²) in [6, 6.07) is 12.1. The van der Waals surface area contributed by atoms with Crippen molar-refractivity contribution >= 4 is 17.6 Å². The molecule has 1 amide bonds. The standard InChI is InChI=1S/C17H16FNO5/c1-22-14-7-5-13(6-8-14)19-16(20)10-24-17(21)11-23-15-4-2-3-12(18)9-15/h2-9H,10-11H2,1H3,(H,19,20). The zero-order valence-electron chi connectivity index (χ0n) is 13.0. The molecule has 0 bridgehead atoms. The van der Waals surface area contributed by atoms with Crippen LogP contribution in [0.15, 0.2) is 48.5 Å². The topological polar surface area (TPSA) is 73.9 Å². The summed E-state index contributed by atoms with van der Waals surface area (Å²) in [5.74, 6) is -0.827. The van der Waals surface area contributed by atoms with E-state index < -0.39 is 30.9 Å². The molecule has 2 rings (SSSR count). The third-order valence-electron chi connectivity index (χ3n) is 2.89. The number of nitrogens with one attached hydrogen (secondary N) is 1. The van der Waals surface area contributed by atoms with Gasteiger partial charge in [-0.15, -0.1) is 0 Å². The summed E-state index contributed by atoms with van der Waals surface area (Å²) >= 11 is 0. The number of hydrogen-bond donors (Lipinski definition) is 1. The van der Waals surface area contributed by atoms with Crippen molar-refractivity contribution in [1.82, 2.24) is 0 Å². The first-order valence-corrected chi connectivity index (χ1v) is 7.05. The molecule has 0 radical (unpaired) electrons. The fourth-order valence-electron chi connectivity index (χ4n) is 1.76. The van der Waals surface area contributed by atoms with E-state index in [2.05, 4.69) is 5.32 Å². The summed E-state index contributed by atoms with van der Waals surface area (Å²) in [6.07, 6.45) is 0. The van der Waals surface area contributed by atoms with Crippen molar-refractivity contribution in [2.75, 3.05) is 25.6 Å². The van der Waals surface area contributed by atoms with Gasteiger partial charge in [-0.25, -0.2) is 9.18 Å². The molecule has 0 saturated carbocycles. The van der Waals surface area contributed by atoms with Crippen LogP contribution in [0, 0.1) is 5.82 Å². The highest BCUT2D eigenvalue weighted by Gasteiger charge is 2.09. The van der Waals surface area contributed by atoms with E-state index in [1.54, 1.807) is 31.4 Å². The van der Waals surface area contributed by atoms with Crippen molar-refractivity contribution < 1.29 is 28.2 Å². The fraction of sp³-hybridized carbons (Fsp3) is 0.176. The Bertz CT molecular complexity index is 702. The van der Waals surface area contributed by atoms with Crippen LogP contribution in [0.1, 0.15) is 0 Å². The third-order valence-corrected chi connectivity index (χ3v) is 2.89. The Morgan fingerprint density at radius 2 is 1.79 bits per heavy atom. The summed E-state index contributed by atoms with van der Waals surface area (Å²) in [5.41, 5.74) is 0.549. The summed E-state index contributed by atoms with van der Waals surface area (Å²) in [4.78, 5) is 23.2. The van der Waals surface area contributed by atoms with E-state index in [1.165, 1.54) is 18.2 Å². The fourth-order valence-corrected chi connectivity index (χ4v) is 1.76. The number of amides is 1. The second-order valence-corrected chi connectivity index (χ2v) is 4.68. The van der Waals surface area contributed by atoms with Gasteiger partial charge < -0.3 is 19.5 Å². The minimum atomic E-state index is -0.732. The average molecular weight is 333 g/mol. The molecule has 0 heterocycles. The Balaban J connectivity index is 1.71. The Labute approximate surface area is 138 Å². The van der Waals surface area contributed by atoms with E-state index in [9.17, 15) is 14.0 Å². The molecular formula is C17H16FNO5. The van der Waals surface area contributed by atoms with Gasteiger partial charge in [-0.2, -0.15) is 0 Å². The molecule has 6 nitrogen and oxygen atoms in total. The number of esters is 1. The van der Waals surface area contributed by atoms with Crippen LogP contribution in [-0.2, 0) is 14.3 Å². The first kappa shape index (κ1) is 17.3. The lowest BCUT2D eigenvalue weighted by atomic mass is 10.3. The van der Waals surface area contributed by atoms with Crippen LogP contribution in [0.25, 0.3) is 0 Å². The molecule has 2 aromatic rings. The highest BCUT2D eigenvalue weighted by molar-refractivity contribution is 5.92. The van der Waals surface area contributed by atoms with Crippen molar-refractivity contribution in [1.29, 1.82) is 0 Å². The van der Waals surface area contributed by atoms with Gasteiger partial charge in [0.1, 0.15) is 17.3 Å². The number of anilines is 1. The number of carbonyl (C=O) groups is 2. The minimum absolute atomic E-state index is 0.203. The summed E-state index contributed by atoms with van der Waals surface area (Å²) < 4.78 is 27.8. The molecule has 0 aliphatic heterocycles. The first-order chi connectivity index (χ1) is 11.6. The second kappa shape index (κ2) is 8.52. The molecule has 126 valence electrons. The van der Waals surface area contributed by atoms with Crippen molar-refractivity contribution in [3.8, 4) is 11.5 Å². The Hall–Kier alpha value is -3.09. The van der Waals surface area contributed by atoms with Crippen LogP contribution in [0.3, 0.4) is 0 Å². The van der Waals surface area contributed by atoms with Crippen molar-refractivity contribution in [3.05, 3.63) is 54.3 Å². The lowest BCUT2D eigenvalue weighted by molar-refractivity contribution is -0.149. The molecule has 0 fully saturated rings. The zero-order chi connectivity index (χ0) is 17.4. The second-order valence-electron chi connectivity index (χ2n) is 4.68. The molecule has 0 saturated heterocycles. The minimum Gasteiger partial charge on any atom is -0.497 e. The van der Waals surface area contributed by atoms with E-state index in [0.717, 1.165) is 6.07 Å². The molecule has 0 aromatic heterocycles. The summed E-state index contributed by atoms with van der Waals surface area (Å²) in [6.45, 7) is -0.864. The van der Waals surface area contributed by atoms with Crippen LogP contribution < -0.4 is 14.8 Å². The summed E-state index contributed by atoms with van der Waals surface area (Å²) in [5, 5.41) is 2.57. The number of halogens is 1. The van der Waals surface area contributed by atoms with E-state index >= 15 is 0 Å². The van der Waals surface area contributed by atoms with Gasteiger partial charge in [0, 0.05) is 11.8 Å². The van der Waals surface area contributed by atoms with Crippen LogP contribution in [0.2, 0.25) is 0 Å². The van der Waals surface area contributed by atoms with Crippen molar-refractivity contribution in [2.24, 2.45) is 0 Å². The number of benzene rings is 2. The van der Waals surface area contributed by atoms with Crippen molar-refractivity contribution in [3.63, 3.8) is 0 Å². The van der Waals surface area contributed by atoms with Gasteiger partial charge in [-0.05, 0) is 36.4 Å². The van der Waals surface area contributed by atoms with Crippen LogP contribution in [-0.4, -0.2) is 32.2 Å². The molecule has 0 atom stereocenters. The van der Waals surface area contributed by atoms with Gasteiger partial charge in [-0.1, -0.05) is 6.07 Å². The van der Waals surface area contributed by atoms with E-state index in [4.69, 9.17) is 14.2 Å². The molecule has 7 heteroatoms. The number of ether oxygens (including phenoxy) is 3. The van der Waals surface area contributed by atoms with Crippen LogP contribution in [0.5, 0.6) is 11.5 Å². The van der Waals surface area contributed by atoms with E-state index in [1.807, 2.05) is 0 Å². The number of carbonyl (C=O) groups excluding carboxylic acids is 2. The van der Waals surface area contributed by atoms with Crippen molar-refractivity contribution in [2.45, 2.75) is 0 Å². The normalized spacial score (nSPS) is 9.92. The van der Waals surface area contributed by atoms with Crippen LogP contribution in [0.4, 0.5) is 10.1 Å². The predicted molar refractivity (Wildman–Crippen MR) is 84.5 cm³/mol. The molecule has 0 unspecified atom stereocenters.